The predicted molar refractivity (Wildman–Crippen MR) is 86.1 cm³/mol. The molecule has 1 aromatic heterocycles. The van der Waals surface area contributed by atoms with Crippen LogP contribution in [0.15, 0.2) is 12.4 Å². The third kappa shape index (κ3) is 4.55. The van der Waals surface area contributed by atoms with Crippen molar-refractivity contribution in [3.8, 4) is 0 Å². The fourth-order valence-corrected chi connectivity index (χ4v) is 3.48. The number of aryl methyl sites for hydroxylation is 1. The van der Waals surface area contributed by atoms with Crippen molar-refractivity contribution in [2.75, 3.05) is 6.54 Å². The summed E-state index contributed by atoms with van der Waals surface area (Å²) in [7, 11) is 1.88. The molecule has 1 aromatic rings. The average molecular weight is 293 g/mol. The number of rotatable bonds is 7. The summed E-state index contributed by atoms with van der Waals surface area (Å²) in [5, 5.41) is 18.5. The van der Waals surface area contributed by atoms with E-state index in [2.05, 4.69) is 17.3 Å². The fourth-order valence-electron chi connectivity index (χ4n) is 3.48. The van der Waals surface area contributed by atoms with E-state index in [0.717, 1.165) is 11.5 Å². The van der Waals surface area contributed by atoms with Crippen molar-refractivity contribution in [2.45, 2.75) is 70.4 Å². The number of nitrogens with zero attached hydrogens (tertiary/aromatic N) is 2. The maximum absolute atomic E-state index is 10.7. The average Bonchev–Trinajstić information content (AvgIpc) is 2.92. The molecule has 0 bridgehead atoms. The maximum atomic E-state index is 10.7. The smallest absolute Gasteiger partial charge is 0.102 e. The quantitative estimate of drug-likeness (QED) is 0.812. The molecule has 120 valence electrons. The molecule has 2 N–H and O–H groups in total. The van der Waals surface area contributed by atoms with Crippen LogP contribution in [0.25, 0.3) is 0 Å². The van der Waals surface area contributed by atoms with Crippen molar-refractivity contribution in [1.29, 1.82) is 0 Å². The van der Waals surface area contributed by atoms with Crippen molar-refractivity contribution in [2.24, 2.45) is 13.0 Å². The topological polar surface area (TPSA) is 50.1 Å². The second-order valence-electron chi connectivity index (χ2n) is 6.85. The van der Waals surface area contributed by atoms with Gasteiger partial charge >= 0.3 is 0 Å². The Morgan fingerprint density at radius 1 is 1.43 bits per heavy atom. The standard InChI is InChI=1S/C17H31N3O/c1-4-8-16(14-9-6-5-7-10-14)18-13-17(2,21)15-11-19-20(3)12-15/h11-12,14,16,18,21H,4-10,13H2,1-3H3. The van der Waals surface area contributed by atoms with E-state index >= 15 is 0 Å². The highest BCUT2D eigenvalue weighted by atomic mass is 16.3. The molecule has 4 heteroatoms. The van der Waals surface area contributed by atoms with E-state index in [0.29, 0.717) is 12.6 Å². The first-order chi connectivity index (χ1) is 10.0. The molecule has 1 aliphatic rings. The van der Waals surface area contributed by atoms with Crippen LogP contribution >= 0.6 is 0 Å². The zero-order chi connectivity index (χ0) is 15.3. The minimum atomic E-state index is -0.852. The van der Waals surface area contributed by atoms with Crippen LogP contribution < -0.4 is 5.32 Å². The van der Waals surface area contributed by atoms with E-state index in [-0.39, 0.29) is 0 Å². The van der Waals surface area contributed by atoms with Gasteiger partial charge in [0, 0.05) is 31.4 Å². The monoisotopic (exact) mass is 293 g/mol. The molecular weight excluding hydrogens is 262 g/mol. The molecule has 0 saturated heterocycles. The molecule has 0 radical (unpaired) electrons. The van der Waals surface area contributed by atoms with E-state index in [1.54, 1.807) is 10.9 Å². The number of aromatic nitrogens is 2. The van der Waals surface area contributed by atoms with Crippen LogP contribution in [0.5, 0.6) is 0 Å². The van der Waals surface area contributed by atoms with Crippen molar-refractivity contribution in [3.05, 3.63) is 18.0 Å². The molecule has 0 aromatic carbocycles. The van der Waals surface area contributed by atoms with Gasteiger partial charge in [-0.05, 0) is 32.1 Å². The molecular formula is C17H31N3O. The highest BCUT2D eigenvalue weighted by molar-refractivity contribution is 5.14. The largest absolute Gasteiger partial charge is 0.384 e. The van der Waals surface area contributed by atoms with Crippen LogP contribution in [0.3, 0.4) is 0 Å². The molecule has 1 aliphatic carbocycles. The van der Waals surface area contributed by atoms with Crippen LogP contribution in [-0.4, -0.2) is 27.5 Å². The Balaban J connectivity index is 1.93. The van der Waals surface area contributed by atoms with Gasteiger partial charge in [0.1, 0.15) is 5.60 Å². The van der Waals surface area contributed by atoms with Crippen LogP contribution in [-0.2, 0) is 12.6 Å². The summed E-state index contributed by atoms with van der Waals surface area (Å²) in [6.45, 7) is 4.72. The molecule has 0 aliphatic heterocycles. The van der Waals surface area contributed by atoms with E-state index in [4.69, 9.17) is 0 Å². The molecule has 2 rings (SSSR count). The molecule has 4 nitrogen and oxygen atoms in total. The lowest BCUT2D eigenvalue weighted by Gasteiger charge is -2.33. The Morgan fingerprint density at radius 3 is 2.71 bits per heavy atom. The lowest BCUT2D eigenvalue weighted by Crippen LogP contribution is -2.44. The zero-order valence-corrected chi connectivity index (χ0v) is 13.8. The Bertz CT molecular complexity index is 421. The Hall–Kier alpha value is -0.870. The van der Waals surface area contributed by atoms with Gasteiger partial charge in [-0.15, -0.1) is 0 Å². The minimum absolute atomic E-state index is 0.540. The highest BCUT2D eigenvalue weighted by Crippen LogP contribution is 2.29. The Labute approximate surface area is 128 Å². The van der Waals surface area contributed by atoms with Gasteiger partial charge in [-0.1, -0.05) is 32.6 Å². The maximum Gasteiger partial charge on any atom is 0.102 e. The van der Waals surface area contributed by atoms with Crippen molar-refractivity contribution < 1.29 is 5.11 Å². The second-order valence-corrected chi connectivity index (χ2v) is 6.85. The Morgan fingerprint density at radius 2 is 2.14 bits per heavy atom. The molecule has 1 heterocycles. The summed E-state index contributed by atoms with van der Waals surface area (Å²) in [6, 6.07) is 0.540. The van der Waals surface area contributed by atoms with Gasteiger partial charge in [0.2, 0.25) is 0 Å². The molecule has 0 spiro atoms. The summed E-state index contributed by atoms with van der Waals surface area (Å²) >= 11 is 0. The normalized spacial score (nSPS) is 21.1. The first-order valence-corrected chi connectivity index (χ1v) is 8.48. The first kappa shape index (κ1) is 16.5. The molecule has 2 atom stereocenters. The van der Waals surface area contributed by atoms with E-state index in [9.17, 15) is 5.11 Å². The van der Waals surface area contributed by atoms with Crippen molar-refractivity contribution in [3.63, 3.8) is 0 Å². The van der Waals surface area contributed by atoms with E-state index in [1.165, 1.54) is 44.9 Å². The van der Waals surface area contributed by atoms with Gasteiger partial charge in [0.25, 0.3) is 0 Å². The number of hydrogen-bond acceptors (Lipinski definition) is 3. The van der Waals surface area contributed by atoms with Gasteiger partial charge in [-0.25, -0.2) is 0 Å². The molecule has 0 amide bonds. The summed E-state index contributed by atoms with van der Waals surface area (Å²) < 4.78 is 1.74. The van der Waals surface area contributed by atoms with Crippen LogP contribution in [0.4, 0.5) is 0 Å². The van der Waals surface area contributed by atoms with Gasteiger partial charge in [0.05, 0.1) is 6.20 Å². The third-order valence-electron chi connectivity index (χ3n) is 4.85. The van der Waals surface area contributed by atoms with E-state index < -0.39 is 5.60 Å². The first-order valence-electron chi connectivity index (χ1n) is 8.48. The Kier molecular flexibility index (Phi) is 5.82. The van der Waals surface area contributed by atoms with Crippen molar-refractivity contribution in [1.82, 2.24) is 15.1 Å². The number of aliphatic hydroxyl groups is 1. The summed E-state index contributed by atoms with van der Waals surface area (Å²) in [5.41, 5.74) is 0.0333. The summed E-state index contributed by atoms with van der Waals surface area (Å²) in [6.07, 6.45) is 12.9. The number of hydrogen-bond donors (Lipinski definition) is 2. The van der Waals surface area contributed by atoms with E-state index in [1.807, 2.05) is 20.2 Å². The van der Waals surface area contributed by atoms with Crippen molar-refractivity contribution >= 4 is 0 Å². The molecule has 2 unspecified atom stereocenters. The second kappa shape index (κ2) is 7.41. The molecule has 21 heavy (non-hydrogen) atoms. The zero-order valence-electron chi connectivity index (χ0n) is 13.8. The van der Waals surface area contributed by atoms with Gasteiger partial charge < -0.3 is 10.4 Å². The summed E-state index contributed by atoms with van der Waals surface area (Å²) in [5.74, 6) is 0.781. The lowest BCUT2D eigenvalue weighted by atomic mass is 9.82. The van der Waals surface area contributed by atoms with Crippen LogP contribution in [0, 0.1) is 5.92 Å². The highest BCUT2D eigenvalue weighted by Gasteiger charge is 2.28. The van der Waals surface area contributed by atoms with Gasteiger partial charge in [-0.3, -0.25) is 4.68 Å². The molecule has 1 saturated carbocycles. The van der Waals surface area contributed by atoms with Gasteiger partial charge in [-0.2, -0.15) is 5.10 Å². The minimum Gasteiger partial charge on any atom is -0.384 e. The van der Waals surface area contributed by atoms with Gasteiger partial charge in [0.15, 0.2) is 0 Å². The third-order valence-corrected chi connectivity index (χ3v) is 4.85. The fraction of sp³-hybridized carbons (Fsp3) is 0.824. The lowest BCUT2D eigenvalue weighted by molar-refractivity contribution is 0.0492. The van der Waals surface area contributed by atoms with Crippen LogP contribution in [0.1, 0.15) is 64.4 Å². The predicted octanol–water partition coefficient (Wildman–Crippen LogP) is 2.97. The van der Waals surface area contributed by atoms with Crippen LogP contribution in [0.2, 0.25) is 0 Å². The number of nitrogens with one attached hydrogen (secondary N) is 1. The molecule has 1 fully saturated rings. The SMILES string of the molecule is CCCC(NCC(C)(O)c1cnn(C)c1)C1CCCCC1. The summed E-state index contributed by atoms with van der Waals surface area (Å²) in [4.78, 5) is 0.